The third-order valence-electron chi connectivity index (χ3n) is 3.13. The molecule has 0 amide bonds. The van der Waals surface area contributed by atoms with Crippen LogP contribution in [0, 0.1) is 5.82 Å². The van der Waals surface area contributed by atoms with E-state index in [4.69, 9.17) is 0 Å². The third-order valence-corrected chi connectivity index (χ3v) is 3.13. The second kappa shape index (κ2) is 6.38. The van der Waals surface area contributed by atoms with Crippen LogP contribution in [-0.2, 0) is 0 Å². The summed E-state index contributed by atoms with van der Waals surface area (Å²) >= 11 is 0. The molecule has 0 spiro atoms. The molecule has 4 heteroatoms. The second-order valence-corrected chi connectivity index (χ2v) is 4.44. The van der Waals surface area contributed by atoms with Gasteiger partial charge in [-0.1, -0.05) is 19.1 Å². The number of aromatic nitrogens is 2. The fourth-order valence-corrected chi connectivity index (χ4v) is 2.05. The van der Waals surface area contributed by atoms with E-state index in [2.05, 4.69) is 22.2 Å². The van der Waals surface area contributed by atoms with Crippen LogP contribution in [0.3, 0.4) is 0 Å². The van der Waals surface area contributed by atoms with Gasteiger partial charge in [0, 0.05) is 24.2 Å². The third kappa shape index (κ3) is 3.15. The van der Waals surface area contributed by atoms with E-state index in [1.54, 1.807) is 24.4 Å². The van der Waals surface area contributed by atoms with Crippen molar-refractivity contribution in [1.29, 1.82) is 0 Å². The average molecular weight is 259 g/mol. The minimum atomic E-state index is -0.256. The van der Waals surface area contributed by atoms with Gasteiger partial charge < -0.3 is 5.32 Å². The molecule has 1 unspecified atom stereocenters. The van der Waals surface area contributed by atoms with Gasteiger partial charge in [-0.3, -0.25) is 0 Å². The van der Waals surface area contributed by atoms with Crippen LogP contribution in [0.1, 0.15) is 25.1 Å². The van der Waals surface area contributed by atoms with Crippen LogP contribution in [0.2, 0.25) is 0 Å². The highest BCUT2D eigenvalue weighted by molar-refractivity contribution is 5.59. The number of nitrogens with one attached hydrogen (secondary N) is 1. The first-order valence-electron chi connectivity index (χ1n) is 6.48. The Hall–Kier alpha value is -1.81. The maximum atomic E-state index is 13.8. The molecule has 19 heavy (non-hydrogen) atoms. The molecule has 3 nitrogen and oxygen atoms in total. The zero-order valence-corrected chi connectivity index (χ0v) is 11.2. The smallest absolute Gasteiger partial charge is 0.133 e. The van der Waals surface area contributed by atoms with E-state index < -0.39 is 0 Å². The highest BCUT2D eigenvalue weighted by Crippen LogP contribution is 2.22. The van der Waals surface area contributed by atoms with Crippen LogP contribution >= 0.6 is 0 Å². The van der Waals surface area contributed by atoms with Gasteiger partial charge in [-0.05, 0) is 31.7 Å². The van der Waals surface area contributed by atoms with Crippen molar-refractivity contribution in [2.24, 2.45) is 0 Å². The summed E-state index contributed by atoms with van der Waals surface area (Å²) in [5.41, 5.74) is 1.16. The predicted molar refractivity (Wildman–Crippen MR) is 74.4 cm³/mol. The first-order valence-corrected chi connectivity index (χ1v) is 6.48. The van der Waals surface area contributed by atoms with Gasteiger partial charge >= 0.3 is 0 Å². The molecule has 1 aromatic heterocycles. The number of nitrogens with zero attached hydrogens (tertiary/aromatic N) is 2. The normalized spacial score (nSPS) is 12.4. The summed E-state index contributed by atoms with van der Waals surface area (Å²) in [6.07, 6.45) is 2.64. The van der Waals surface area contributed by atoms with Gasteiger partial charge in [0.2, 0.25) is 0 Å². The Morgan fingerprint density at radius 3 is 2.74 bits per heavy atom. The highest BCUT2D eigenvalue weighted by atomic mass is 19.1. The van der Waals surface area contributed by atoms with Gasteiger partial charge in [-0.15, -0.1) is 0 Å². The standard InChI is InChI=1S/C15H18FN3/c1-3-11(10-17-2)15-18-9-8-14(19-15)12-6-4-5-7-13(12)16/h4-9,11,17H,3,10H2,1-2H3. The summed E-state index contributed by atoms with van der Waals surface area (Å²) < 4.78 is 13.8. The van der Waals surface area contributed by atoms with Crippen LogP contribution in [0.5, 0.6) is 0 Å². The second-order valence-electron chi connectivity index (χ2n) is 4.44. The number of rotatable bonds is 5. The molecule has 0 radical (unpaired) electrons. The molecule has 1 heterocycles. The molecule has 2 aromatic rings. The largest absolute Gasteiger partial charge is 0.319 e. The van der Waals surface area contributed by atoms with Crippen molar-refractivity contribution in [2.45, 2.75) is 19.3 Å². The molecule has 0 fully saturated rings. The zero-order chi connectivity index (χ0) is 13.7. The first-order chi connectivity index (χ1) is 9.26. The van der Waals surface area contributed by atoms with E-state index >= 15 is 0 Å². The van der Waals surface area contributed by atoms with Crippen LogP contribution in [-0.4, -0.2) is 23.6 Å². The predicted octanol–water partition coefficient (Wildman–Crippen LogP) is 3.00. The summed E-state index contributed by atoms with van der Waals surface area (Å²) in [4.78, 5) is 8.81. The van der Waals surface area contributed by atoms with E-state index in [9.17, 15) is 4.39 Å². The average Bonchev–Trinajstić information content (AvgIpc) is 2.45. The van der Waals surface area contributed by atoms with E-state index in [1.165, 1.54) is 6.07 Å². The molecule has 0 aliphatic rings. The minimum absolute atomic E-state index is 0.247. The van der Waals surface area contributed by atoms with Crippen molar-refractivity contribution < 1.29 is 4.39 Å². The number of benzene rings is 1. The fourth-order valence-electron chi connectivity index (χ4n) is 2.05. The lowest BCUT2D eigenvalue weighted by Crippen LogP contribution is -2.18. The maximum absolute atomic E-state index is 13.8. The molecule has 0 bridgehead atoms. The fraction of sp³-hybridized carbons (Fsp3) is 0.333. The molecule has 100 valence electrons. The van der Waals surface area contributed by atoms with E-state index in [0.717, 1.165) is 18.8 Å². The summed E-state index contributed by atoms with van der Waals surface area (Å²) in [7, 11) is 1.91. The molecular weight excluding hydrogens is 241 g/mol. The number of hydrogen-bond acceptors (Lipinski definition) is 3. The van der Waals surface area contributed by atoms with E-state index in [1.807, 2.05) is 13.1 Å². The molecule has 0 aliphatic carbocycles. The Labute approximate surface area is 112 Å². The Bertz CT molecular complexity index is 542. The SMILES string of the molecule is CCC(CNC)c1nccc(-c2ccccc2F)n1. The molecule has 1 N–H and O–H groups in total. The van der Waals surface area contributed by atoms with Crippen LogP contribution in [0.25, 0.3) is 11.3 Å². The number of likely N-dealkylation sites (N-methyl/N-ethyl adjacent to an activating group) is 1. The van der Waals surface area contributed by atoms with Crippen molar-refractivity contribution in [2.75, 3.05) is 13.6 Å². The van der Waals surface area contributed by atoms with Crippen LogP contribution in [0.4, 0.5) is 4.39 Å². The van der Waals surface area contributed by atoms with Gasteiger partial charge in [-0.2, -0.15) is 0 Å². The Morgan fingerprint density at radius 1 is 1.26 bits per heavy atom. The maximum Gasteiger partial charge on any atom is 0.133 e. The Morgan fingerprint density at radius 2 is 2.05 bits per heavy atom. The minimum Gasteiger partial charge on any atom is -0.319 e. The van der Waals surface area contributed by atoms with Gasteiger partial charge in [0.25, 0.3) is 0 Å². The number of hydrogen-bond donors (Lipinski definition) is 1. The monoisotopic (exact) mass is 259 g/mol. The van der Waals surface area contributed by atoms with E-state index in [-0.39, 0.29) is 11.7 Å². The molecule has 1 atom stereocenters. The van der Waals surface area contributed by atoms with E-state index in [0.29, 0.717) is 11.3 Å². The van der Waals surface area contributed by atoms with Crippen molar-refractivity contribution in [1.82, 2.24) is 15.3 Å². The van der Waals surface area contributed by atoms with Gasteiger partial charge in [0.05, 0.1) is 5.69 Å². The lowest BCUT2D eigenvalue weighted by Gasteiger charge is -2.13. The zero-order valence-electron chi connectivity index (χ0n) is 11.2. The first kappa shape index (κ1) is 13.6. The van der Waals surface area contributed by atoms with Gasteiger partial charge in [0.15, 0.2) is 0 Å². The highest BCUT2D eigenvalue weighted by Gasteiger charge is 2.13. The summed E-state index contributed by atoms with van der Waals surface area (Å²) in [6.45, 7) is 2.92. The van der Waals surface area contributed by atoms with Crippen molar-refractivity contribution in [3.05, 3.63) is 48.2 Å². The summed E-state index contributed by atoms with van der Waals surface area (Å²) in [6, 6.07) is 8.42. The molecule has 0 saturated heterocycles. The Kier molecular flexibility index (Phi) is 4.58. The molecule has 0 saturated carbocycles. The van der Waals surface area contributed by atoms with Gasteiger partial charge in [-0.25, -0.2) is 14.4 Å². The van der Waals surface area contributed by atoms with Gasteiger partial charge in [0.1, 0.15) is 11.6 Å². The lowest BCUT2D eigenvalue weighted by atomic mass is 10.1. The topological polar surface area (TPSA) is 37.8 Å². The Balaban J connectivity index is 2.36. The van der Waals surface area contributed by atoms with Crippen molar-refractivity contribution in [3.63, 3.8) is 0 Å². The molecule has 2 rings (SSSR count). The van der Waals surface area contributed by atoms with Crippen molar-refractivity contribution in [3.8, 4) is 11.3 Å². The van der Waals surface area contributed by atoms with Crippen molar-refractivity contribution >= 4 is 0 Å². The molecular formula is C15H18FN3. The lowest BCUT2D eigenvalue weighted by molar-refractivity contribution is 0.580. The number of halogens is 1. The summed E-state index contributed by atoms with van der Waals surface area (Å²) in [5, 5.41) is 3.13. The molecule has 0 aliphatic heterocycles. The molecule has 1 aromatic carbocycles. The van der Waals surface area contributed by atoms with Crippen LogP contribution in [0.15, 0.2) is 36.5 Å². The quantitative estimate of drug-likeness (QED) is 0.897. The van der Waals surface area contributed by atoms with Crippen LogP contribution < -0.4 is 5.32 Å². The summed E-state index contributed by atoms with van der Waals surface area (Å²) in [5.74, 6) is 0.753.